The molecule has 0 aliphatic heterocycles. The molecule has 0 spiro atoms. The minimum absolute atomic E-state index is 0.0658. The number of benzene rings is 1. The summed E-state index contributed by atoms with van der Waals surface area (Å²) >= 11 is 0. The molecule has 2 aromatic rings. The third-order valence-electron chi connectivity index (χ3n) is 3.17. The van der Waals surface area contributed by atoms with E-state index in [9.17, 15) is 9.59 Å². The van der Waals surface area contributed by atoms with Crippen LogP contribution < -0.4 is 16.0 Å². The van der Waals surface area contributed by atoms with Crippen molar-refractivity contribution in [3.63, 3.8) is 0 Å². The molecular weight excluding hydrogens is 292 g/mol. The summed E-state index contributed by atoms with van der Waals surface area (Å²) in [5.41, 5.74) is 2.40. The minimum atomic E-state index is -0.280. The molecule has 1 aromatic heterocycles. The van der Waals surface area contributed by atoms with Crippen molar-refractivity contribution in [1.82, 2.24) is 10.3 Å². The molecule has 120 valence electrons. The molecule has 6 nitrogen and oxygen atoms in total. The highest BCUT2D eigenvalue weighted by Crippen LogP contribution is 2.15. The number of urea groups is 1. The van der Waals surface area contributed by atoms with Crippen LogP contribution in [0, 0.1) is 0 Å². The zero-order valence-electron chi connectivity index (χ0n) is 13.0. The molecule has 2 rings (SSSR count). The van der Waals surface area contributed by atoms with Crippen molar-refractivity contribution in [3.05, 3.63) is 54.4 Å². The highest BCUT2D eigenvalue weighted by atomic mass is 16.2. The molecule has 0 aliphatic carbocycles. The summed E-state index contributed by atoms with van der Waals surface area (Å²) in [7, 11) is 0. The van der Waals surface area contributed by atoms with Crippen molar-refractivity contribution >= 4 is 23.3 Å². The summed E-state index contributed by atoms with van der Waals surface area (Å²) in [6.45, 7) is 2.32. The van der Waals surface area contributed by atoms with Gasteiger partial charge in [0.2, 0.25) is 5.91 Å². The lowest BCUT2D eigenvalue weighted by Crippen LogP contribution is -2.30. The van der Waals surface area contributed by atoms with E-state index in [1.807, 2.05) is 12.1 Å². The molecule has 0 saturated carbocycles. The van der Waals surface area contributed by atoms with E-state index in [-0.39, 0.29) is 11.9 Å². The largest absolute Gasteiger partial charge is 0.338 e. The van der Waals surface area contributed by atoms with Gasteiger partial charge in [0.05, 0.1) is 0 Å². The zero-order chi connectivity index (χ0) is 16.5. The second kappa shape index (κ2) is 8.53. The quantitative estimate of drug-likeness (QED) is 0.767. The second-order valence-corrected chi connectivity index (χ2v) is 4.97. The van der Waals surface area contributed by atoms with Crippen LogP contribution in [0.4, 0.5) is 16.2 Å². The van der Waals surface area contributed by atoms with Crippen LogP contribution in [0.5, 0.6) is 0 Å². The van der Waals surface area contributed by atoms with Gasteiger partial charge in [-0.25, -0.2) is 4.79 Å². The zero-order valence-corrected chi connectivity index (χ0v) is 13.0. The monoisotopic (exact) mass is 312 g/mol. The summed E-state index contributed by atoms with van der Waals surface area (Å²) in [5, 5.41) is 8.29. The highest BCUT2D eigenvalue weighted by Gasteiger charge is 2.04. The van der Waals surface area contributed by atoms with Gasteiger partial charge in [-0.3, -0.25) is 9.78 Å². The van der Waals surface area contributed by atoms with E-state index in [0.29, 0.717) is 24.3 Å². The fourth-order valence-corrected chi connectivity index (χ4v) is 1.97. The smallest absolute Gasteiger partial charge is 0.319 e. The molecule has 1 aromatic carbocycles. The molecule has 0 radical (unpaired) electrons. The number of carbonyl (C=O) groups excluding carboxylic acids is 2. The fraction of sp³-hybridized carbons (Fsp3) is 0.235. The van der Waals surface area contributed by atoms with E-state index in [4.69, 9.17) is 0 Å². The van der Waals surface area contributed by atoms with Crippen LogP contribution in [0.2, 0.25) is 0 Å². The van der Waals surface area contributed by atoms with Crippen LogP contribution in [-0.4, -0.2) is 23.5 Å². The maximum Gasteiger partial charge on any atom is 0.319 e. The molecular formula is C17H20N4O2. The number of carbonyl (C=O) groups is 2. The number of rotatable bonds is 6. The lowest BCUT2D eigenvalue weighted by Gasteiger charge is -2.09. The van der Waals surface area contributed by atoms with Crippen molar-refractivity contribution in [2.45, 2.75) is 19.8 Å². The van der Waals surface area contributed by atoms with Gasteiger partial charge in [-0.05, 0) is 42.3 Å². The Morgan fingerprint density at radius 1 is 1.04 bits per heavy atom. The average Bonchev–Trinajstić information content (AvgIpc) is 2.56. The van der Waals surface area contributed by atoms with Crippen molar-refractivity contribution in [3.8, 4) is 0 Å². The Hall–Kier alpha value is -2.89. The fourth-order valence-electron chi connectivity index (χ4n) is 1.97. The van der Waals surface area contributed by atoms with Gasteiger partial charge in [-0.15, -0.1) is 0 Å². The predicted molar refractivity (Wildman–Crippen MR) is 90.3 cm³/mol. The summed E-state index contributed by atoms with van der Waals surface area (Å²) in [6.07, 6.45) is 4.60. The number of nitrogens with zero attached hydrogens (tertiary/aromatic N) is 1. The summed E-state index contributed by atoms with van der Waals surface area (Å²) in [4.78, 5) is 27.2. The van der Waals surface area contributed by atoms with E-state index < -0.39 is 0 Å². The van der Waals surface area contributed by atoms with Gasteiger partial charge in [0, 0.05) is 36.7 Å². The van der Waals surface area contributed by atoms with Gasteiger partial charge in [0.25, 0.3) is 0 Å². The number of amides is 3. The van der Waals surface area contributed by atoms with Gasteiger partial charge in [-0.1, -0.05) is 13.0 Å². The van der Waals surface area contributed by atoms with E-state index >= 15 is 0 Å². The van der Waals surface area contributed by atoms with E-state index in [1.165, 1.54) is 0 Å². The molecule has 0 aliphatic rings. The number of aromatic nitrogens is 1. The van der Waals surface area contributed by atoms with Gasteiger partial charge in [0.15, 0.2) is 0 Å². The molecule has 0 atom stereocenters. The third kappa shape index (κ3) is 5.78. The Balaban J connectivity index is 1.80. The summed E-state index contributed by atoms with van der Waals surface area (Å²) in [5.74, 6) is -0.0658. The van der Waals surface area contributed by atoms with Gasteiger partial charge in [-0.2, -0.15) is 0 Å². The lowest BCUT2D eigenvalue weighted by atomic mass is 10.2. The van der Waals surface area contributed by atoms with E-state index in [2.05, 4.69) is 20.9 Å². The van der Waals surface area contributed by atoms with Crippen LogP contribution in [0.15, 0.2) is 48.8 Å². The van der Waals surface area contributed by atoms with Crippen molar-refractivity contribution < 1.29 is 9.59 Å². The third-order valence-corrected chi connectivity index (χ3v) is 3.17. The van der Waals surface area contributed by atoms with Gasteiger partial charge >= 0.3 is 6.03 Å². The maximum atomic E-state index is 11.9. The average molecular weight is 312 g/mol. The number of pyridine rings is 1. The molecule has 0 unspecified atom stereocenters. The summed E-state index contributed by atoms with van der Waals surface area (Å²) in [6, 6.07) is 10.6. The number of anilines is 2. The second-order valence-electron chi connectivity index (χ2n) is 4.97. The number of hydrogen-bond acceptors (Lipinski definition) is 3. The van der Waals surface area contributed by atoms with Crippen LogP contribution in [-0.2, 0) is 11.2 Å². The Labute approximate surface area is 135 Å². The first-order valence-corrected chi connectivity index (χ1v) is 7.51. The van der Waals surface area contributed by atoms with Crippen molar-refractivity contribution in [2.75, 3.05) is 17.2 Å². The minimum Gasteiger partial charge on any atom is -0.338 e. The Morgan fingerprint density at radius 2 is 1.74 bits per heavy atom. The predicted octanol–water partition coefficient (Wildman–Crippen LogP) is 2.79. The molecule has 23 heavy (non-hydrogen) atoms. The molecule has 0 saturated heterocycles. The first-order valence-electron chi connectivity index (χ1n) is 7.51. The molecule has 3 N–H and O–H groups in total. The standard InChI is InChI=1S/C17H20N4O2/c1-2-16(22)20-14-4-3-5-15(12-14)21-17(23)19-11-8-13-6-9-18-10-7-13/h3-7,9-10,12H,2,8,11H2,1H3,(H,20,22)(H2,19,21,23). The van der Waals surface area contributed by atoms with Crippen molar-refractivity contribution in [1.29, 1.82) is 0 Å². The van der Waals surface area contributed by atoms with Crippen molar-refractivity contribution in [2.24, 2.45) is 0 Å². The lowest BCUT2D eigenvalue weighted by molar-refractivity contribution is -0.115. The van der Waals surface area contributed by atoms with E-state index in [0.717, 1.165) is 12.0 Å². The number of hydrogen-bond donors (Lipinski definition) is 3. The molecule has 0 bridgehead atoms. The van der Waals surface area contributed by atoms with Gasteiger partial charge in [0.1, 0.15) is 0 Å². The highest BCUT2D eigenvalue weighted by molar-refractivity contribution is 5.93. The van der Waals surface area contributed by atoms with Crippen LogP contribution >= 0.6 is 0 Å². The molecule has 3 amide bonds. The van der Waals surface area contributed by atoms with Crippen LogP contribution in [0.25, 0.3) is 0 Å². The van der Waals surface area contributed by atoms with E-state index in [1.54, 1.807) is 43.6 Å². The Bertz CT molecular complexity index is 659. The Morgan fingerprint density at radius 3 is 2.43 bits per heavy atom. The Kier molecular flexibility index (Phi) is 6.11. The van der Waals surface area contributed by atoms with Gasteiger partial charge < -0.3 is 16.0 Å². The first kappa shape index (κ1) is 16.5. The maximum absolute atomic E-state index is 11.9. The molecule has 0 fully saturated rings. The normalized spacial score (nSPS) is 9.96. The molecule has 1 heterocycles. The van der Waals surface area contributed by atoms with Crippen LogP contribution in [0.1, 0.15) is 18.9 Å². The SMILES string of the molecule is CCC(=O)Nc1cccc(NC(=O)NCCc2ccncc2)c1. The molecule has 6 heteroatoms. The summed E-state index contributed by atoms with van der Waals surface area (Å²) < 4.78 is 0. The first-order chi connectivity index (χ1) is 11.2. The number of nitrogens with one attached hydrogen (secondary N) is 3. The van der Waals surface area contributed by atoms with Crippen LogP contribution in [0.3, 0.4) is 0 Å². The topological polar surface area (TPSA) is 83.1 Å².